The summed E-state index contributed by atoms with van der Waals surface area (Å²) in [5.41, 5.74) is 6.49. The molecule has 1 amide bonds. The van der Waals surface area contributed by atoms with E-state index in [2.05, 4.69) is 58.6 Å². The number of carbonyl (C=O) groups excluding carboxylic acids is 1. The van der Waals surface area contributed by atoms with Crippen LogP contribution < -0.4 is 5.32 Å². The molecule has 1 aromatic heterocycles. The number of rotatable bonds is 5. The van der Waals surface area contributed by atoms with Gasteiger partial charge < -0.3 is 5.32 Å². The summed E-state index contributed by atoms with van der Waals surface area (Å²) in [5.74, 6) is 0.150. The molecule has 162 valence electrons. The molecule has 2 aromatic carbocycles. The Kier molecular flexibility index (Phi) is 6.44. The minimum atomic E-state index is 0.0400. The standard InChI is InChI=1S/C25H29ClN4O/c1-17-5-4-6-21(15-17)19-7-9-22(10-8-19)27-25(31)20-11-13-30(14-12-20)16-23-18(2)28-29(3)24(23)26/h4-10,15,20H,11-14,16H2,1-3H3,(H,27,31). The number of anilines is 1. The summed E-state index contributed by atoms with van der Waals surface area (Å²) < 4.78 is 1.72. The van der Waals surface area contributed by atoms with Crippen LogP contribution in [0.3, 0.4) is 0 Å². The van der Waals surface area contributed by atoms with E-state index in [1.165, 1.54) is 11.1 Å². The van der Waals surface area contributed by atoms with E-state index in [0.29, 0.717) is 5.15 Å². The maximum atomic E-state index is 12.8. The van der Waals surface area contributed by atoms with E-state index in [0.717, 1.165) is 55.0 Å². The lowest BCUT2D eigenvalue weighted by atomic mass is 9.95. The van der Waals surface area contributed by atoms with Gasteiger partial charge >= 0.3 is 0 Å². The van der Waals surface area contributed by atoms with Gasteiger partial charge in [0.25, 0.3) is 0 Å². The zero-order valence-corrected chi connectivity index (χ0v) is 19.1. The number of hydrogen-bond donors (Lipinski definition) is 1. The molecule has 5 nitrogen and oxygen atoms in total. The molecule has 0 saturated carbocycles. The number of hydrogen-bond acceptors (Lipinski definition) is 3. The average Bonchev–Trinajstić information content (AvgIpc) is 3.00. The van der Waals surface area contributed by atoms with Gasteiger partial charge in [-0.2, -0.15) is 5.10 Å². The zero-order chi connectivity index (χ0) is 22.0. The van der Waals surface area contributed by atoms with Gasteiger partial charge in [-0.05, 0) is 63.0 Å². The van der Waals surface area contributed by atoms with Crippen molar-refractivity contribution in [3.05, 3.63) is 70.5 Å². The fraction of sp³-hybridized carbons (Fsp3) is 0.360. The summed E-state index contributed by atoms with van der Waals surface area (Å²) in [7, 11) is 1.86. The van der Waals surface area contributed by atoms with E-state index in [9.17, 15) is 4.79 Å². The molecule has 0 atom stereocenters. The number of aromatic nitrogens is 2. The molecule has 0 aliphatic carbocycles. The second-order valence-electron chi connectivity index (χ2n) is 8.46. The molecule has 1 aliphatic heterocycles. The van der Waals surface area contributed by atoms with Crippen molar-refractivity contribution in [1.82, 2.24) is 14.7 Å². The molecule has 1 N–H and O–H groups in total. The van der Waals surface area contributed by atoms with Crippen LogP contribution in [0.15, 0.2) is 48.5 Å². The molecular weight excluding hydrogens is 408 g/mol. The maximum absolute atomic E-state index is 12.8. The maximum Gasteiger partial charge on any atom is 0.227 e. The van der Waals surface area contributed by atoms with Crippen LogP contribution in [0.2, 0.25) is 5.15 Å². The number of aryl methyl sites for hydroxylation is 3. The Morgan fingerprint density at radius 2 is 1.81 bits per heavy atom. The van der Waals surface area contributed by atoms with Gasteiger partial charge in [-0.15, -0.1) is 0 Å². The molecule has 6 heteroatoms. The lowest BCUT2D eigenvalue weighted by Gasteiger charge is -2.31. The highest BCUT2D eigenvalue weighted by atomic mass is 35.5. The summed E-state index contributed by atoms with van der Waals surface area (Å²) >= 11 is 6.37. The van der Waals surface area contributed by atoms with Crippen LogP contribution >= 0.6 is 11.6 Å². The molecule has 2 heterocycles. The van der Waals surface area contributed by atoms with E-state index in [1.807, 2.05) is 26.1 Å². The summed E-state index contributed by atoms with van der Waals surface area (Å²) in [6.45, 7) is 6.64. The summed E-state index contributed by atoms with van der Waals surface area (Å²) in [5, 5.41) is 8.19. The van der Waals surface area contributed by atoms with E-state index in [-0.39, 0.29) is 11.8 Å². The lowest BCUT2D eigenvalue weighted by Crippen LogP contribution is -2.37. The molecule has 1 fully saturated rings. The van der Waals surface area contributed by atoms with E-state index >= 15 is 0 Å². The largest absolute Gasteiger partial charge is 0.326 e. The van der Waals surface area contributed by atoms with Gasteiger partial charge in [0.2, 0.25) is 5.91 Å². The molecule has 0 spiro atoms. The highest BCUT2D eigenvalue weighted by molar-refractivity contribution is 6.30. The van der Waals surface area contributed by atoms with Crippen molar-refractivity contribution in [3.8, 4) is 11.1 Å². The molecule has 3 aromatic rings. The van der Waals surface area contributed by atoms with Gasteiger partial charge in [0.15, 0.2) is 0 Å². The summed E-state index contributed by atoms with van der Waals surface area (Å²) in [6, 6.07) is 16.5. The molecule has 1 saturated heterocycles. The molecule has 4 rings (SSSR count). The third-order valence-corrected chi connectivity index (χ3v) is 6.59. The Morgan fingerprint density at radius 1 is 1.10 bits per heavy atom. The molecule has 1 aliphatic rings. The van der Waals surface area contributed by atoms with Crippen LogP contribution in [0.5, 0.6) is 0 Å². The predicted octanol–water partition coefficient (Wildman–Crippen LogP) is 5.21. The summed E-state index contributed by atoms with van der Waals surface area (Å²) in [6.07, 6.45) is 1.70. The number of halogens is 1. The first kappa shape index (κ1) is 21.6. The normalized spacial score (nSPS) is 15.2. The van der Waals surface area contributed by atoms with Crippen molar-refractivity contribution in [2.24, 2.45) is 13.0 Å². The smallest absolute Gasteiger partial charge is 0.227 e. The highest BCUT2D eigenvalue weighted by Crippen LogP contribution is 2.26. The van der Waals surface area contributed by atoms with Gasteiger partial charge in [0.1, 0.15) is 5.15 Å². The Balaban J connectivity index is 1.31. The number of amides is 1. The van der Waals surface area contributed by atoms with Crippen molar-refractivity contribution in [3.63, 3.8) is 0 Å². The van der Waals surface area contributed by atoms with Crippen molar-refractivity contribution in [2.45, 2.75) is 33.2 Å². The van der Waals surface area contributed by atoms with E-state index in [1.54, 1.807) is 4.68 Å². The molecular formula is C25H29ClN4O. The number of benzene rings is 2. The third-order valence-electron chi connectivity index (χ3n) is 6.11. The van der Waals surface area contributed by atoms with Crippen molar-refractivity contribution >= 4 is 23.2 Å². The third kappa shape index (κ3) is 5.00. The van der Waals surface area contributed by atoms with Gasteiger partial charge in [0, 0.05) is 30.8 Å². The number of nitrogens with one attached hydrogen (secondary N) is 1. The van der Waals surface area contributed by atoms with Crippen LogP contribution in [-0.2, 0) is 18.4 Å². The summed E-state index contributed by atoms with van der Waals surface area (Å²) in [4.78, 5) is 15.1. The van der Waals surface area contributed by atoms with E-state index < -0.39 is 0 Å². The minimum absolute atomic E-state index is 0.0400. The SMILES string of the molecule is Cc1cccc(-c2ccc(NC(=O)C3CCN(Cc4c(C)nn(C)c4Cl)CC3)cc2)c1. The van der Waals surface area contributed by atoms with Gasteiger partial charge in [-0.3, -0.25) is 14.4 Å². The van der Waals surface area contributed by atoms with Gasteiger partial charge in [-0.1, -0.05) is 53.6 Å². The molecule has 31 heavy (non-hydrogen) atoms. The number of likely N-dealkylation sites (tertiary alicyclic amines) is 1. The first-order chi connectivity index (χ1) is 14.9. The minimum Gasteiger partial charge on any atom is -0.326 e. The molecule has 0 radical (unpaired) electrons. The quantitative estimate of drug-likeness (QED) is 0.597. The highest BCUT2D eigenvalue weighted by Gasteiger charge is 2.26. The number of piperidine rings is 1. The van der Waals surface area contributed by atoms with Crippen molar-refractivity contribution in [2.75, 3.05) is 18.4 Å². The van der Waals surface area contributed by atoms with E-state index in [4.69, 9.17) is 11.6 Å². The monoisotopic (exact) mass is 436 g/mol. The van der Waals surface area contributed by atoms with Crippen LogP contribution in [0, 0.1) is 19.8 Å². The number of carbonyl (C=O) groups is 1. The van der Waals surface area contributed by atoms with Crippen LogP contribution in [0.1, 0.15) is 29.7 Å². The molecule has 0 unspecified atom stereocenters. The van der Waals surface area contributed by atoms with Crippen molar-refractivity contribution in [1.29, 1.82) is 0 Å². The second kappa shape index (κ2) is 9.25. The van der Waals surface area contributed by atoms with Crippen LogP contribution in [-0.4, -0.2) is 33.7 Å². The van der Waals surface area contributed by atoms with Gasteiger partial charge in [-0.25, -0.2) is 0 Å². The average molecular weight is 437 g/mol. The fourth-order valence-electron chi connectivity index (χ4n) is 4.25. The zero-order valence-electron chi connectivity index (χ0n) is 18.4. The van der Waals surface area contributed by atoms with Crippen LogP contribution in [0.4, 0.5) is 5.69 Å². The second-order valence-corrected chi connectivity index (χ2v) is 8.82. The fourth-order valence-corrected chi connectivity index (χ4v) is 4.48. The lowest BCUT2D eigenvalue weighted by molar-refractivity contribution is -0.121. The molecule has 0 bridgehead atoms. The van der Waals surface area contributed by atoms with Crippen molar-refractivity contribution < 1.29 is 4.79 Å². The Bertz CT molecular complexity index is 1070. The Hall–Kier alpha value is -2.63. The Labute approximate surface area is 189 Å². The topological polar surface area (TPSA) is 50.2 Å². The predicted molar refractivity (Wildman–Crippen MR) is 126 cm³/mol. The Morgan fingerprint density at radius 3 is 2.42 bits per heavy atom. The van der Waals surface area contributed by atoms with Crippen LogP contribution in [0.25, 0.3) is 11.1 Å². The first-order valence-electron chi connectivity index (χ1n) is 10.8. The number of nitrogens with zero attached hydrogens (tertiary/aromatic N) is 3. The van der Waals surface area contributed by atoms with Gasteiger partial charge in [0.05, 0.1) is 5.69 Å². The first-order valence-corrected chi connectivity index (χ1v) is 11.2.